The molecule has 25 heavy (non-hydrogen) atoms. The Balaban J connectivity index is 1.60. The highest BCUT2D eigenvalue weighted by atomic mass is 32.2. The smallest absolute Gasteiger partial charge is 0.225 e. The molecule has 0 saturated carbocycles. The van der Waals surface area contributed by atoms with Crippen LogP contribution in [-0.2, 0) is 4.79 Å². The fraction of sp³-hybridized carbons (Fsp3) is 0.316. The minimum atomic E-state index is 0.0464. The quantitative estimate of drug-likeness (QED) is 0.486. The summed E-state index contributed by atoms with van der Waals surface area (Å²) in [7, 11) is 1.64. The van der Waals surface area contributed by atoms with Crippen LogP contribution in [0.3, 0.4) is 0 Å². The van der Waals surface area contributed by atoms with Crippen molar-refractivity contribution < 1.29 is 14.3 Å². The molecule has 1 amide bonds. The average Bonchev–Trinajstić information content (AvgIpc) is 2.65. The largest absolute Gasteiger partial charge is 0.497 e. The van der Waals surface area contributed by atoms with Gasteiger partial charge in [-0.3, -0.25) is 4.79 Å². The van der Waals surface area contributed by atoms with Crippen LogP contribution in [0.1, 0.15) is 6.42 Å². The lowest BCUT2D eigenvalue weighted by Gasteiger charge is -2.09. The first kappa shape index (κ1) is 19.5. The van der Waals surface area contributed by atoms with Gasteiger partial charge in [0.25, 0.3) is 0 Å². The molecule has 2 rings (SSSR count). The Morgan fingerprint density at radius 2 is 1.76 bits per heavy atom. The lowest BCUT2D eigenvalue weighted by atomic mass is 10.3. The Bertz CT molecular complexity index is 662. The summed E-state index contributed by atoms with van der Waals surface area (Å²) in [5.41, 5.74) is 0.882. The van der Waals surface area contributed by atoms with Gasteiger partial charge in [-0.2, -0.15) is 11.8 Å². The normalized spacial score (nSPS) is 10.3. The van der Waals surface area contributed by atoms with Crippen molar-refractivity contribution in [2.45, 2.75) is 11.3 Å². The number of methoxy groups -OCH3 is 1. The molecule has 0 unspecified atom stereocenters. The van der Waals surface area contributed by atoms with Crippen molar-refractivity contribution >= 4 is 35.1 Å². The number of para-hydroxylation sites is 1. The van der Waals surface area contributed by atoms with Gasteiger partial charge in [-0.15, -0.1) is 11.8 Å². The molecule has 0 bridgehead atoms. The molecule has 0 fully saturated rings. The van der Waals surface area contributed by atoms with Gasteiger partial charge >= 0.3 is 0 Å². The Hall–Kier alpha value is -1.79. The molecule has 0 saturated heterocycles. The van der Waals surface area contributed by atoms with Gasteiger partial charge in [0, 0.05) is 22.8 Å². The molecular formula is C19H23NO3S2. The van der Waals surface area contributed by atoms with E-state index in [4.69, 9.17) is 9.47 Å². The highest BCUT2D eigenvalue weighted by Gasteiger charge is 2.06. The molecule has 134 valence electrons. The van der Waals surface area contributed by atoms with Crippen molar-refractivity contribution in [3.63, 3.8) is 0 Å². The van der Waals surface area contributed by atoms with Crippen LogP contribution in [0.25, 0.3) is 0 Å². The third kappa shape index (κ3) is 6.92. The maximum atomic E-state index is 12.0. The van der Waals surface area contributed by atoms with E-state index in [1.807, 2.05) is 54.8 Å². The standard InChI is InChI=1S/C19H23NO3S2/c1-22-15-7-9-16(10-8-15)23-12-14-25-13-11-19(21)20-17-5-3-4-6-18(17)24-2/h3-10H,11-14H2,1-2H3,(H,20,21). The SMILES string of the molecule is COc1ccc(OCCSCCC(=O)Nc2ccccc2SC)cc1. The molecule has 0 radical (unpaired) electrons. The average molecular weight is 378 g/mol. The number of amides is 1. The van der Waals surface area contributed by atoms with Crippen molar-refractivity contribution in [2.75, 3.05) is 36.8 Å². The number of anilines is 1. The minimum Gasteiger partial charge on any atom is -0.497 e. The zero-order valence-corrected chi connectivity index (χ0v) is 16.1. The van der Waals surface area contributed by atoms with E-state index in [1.54, 1.807) is 30.6 Å². The predicted molar refractivity (Wildman–Crippen MR) is 107 cm³/mol. The number of carbonyl (C=O) groups excluding carboxylic acids is 1. The van der Waals surface area contributed by atoms with E-state index in [-0.39, 0.29) is 5.91 Å². The summed E-state index contributed by atoms with van der Waals surface area (Å²) in [6, 6.07) is 15.4. The summed E-state index contributed by atoms with van der Waals surface area (Å²) in [5, 5.41) is 2.97. The van der Waals surface area contributed by atoms with Crippen LogP contribution >= 0.6 is 23.5 Å². The number of thioether (sulfide) groups is 2. The van der Waals surface area contributed by atoms with Gasteiger partial charge < -0.3 is 14.8 Å². The first-order valence-electron chi connectivity index (χ1n) is 8.00. The van der Waals surface area contributed by atoms with Crippen molar-refractivity contribution in [1.29, 1.82) is 0 Å². The van der Waals surface area contributed by atoms with Crippen LogP contribution in [0.5, 0.6) is 11.5 Å². The van der Waals surface area contributed by atoms with Gasteiger partial charge in [-0.05, 0) is 42.7 Å². The zero-order valence-electron chi connectivity index (χ0n) is 14.5. The number of benzene rings is 2. The Morgan fingerprint density at radius 1 is 1.04 bits per heavy atom. The molecule has 6 heteroatoms. The van der Waals surface area contributed by atoms with E-state index >= 15 is 0 Å². The monoisotopic (exact) mass is 377 g/mol. The molecule has 0 spiro atoms. The van der Waals surface area contributed by atoms with E-state index in [0.717, 1.165) is 33.6 Å². The first-order chi connectivity index (χ1) is 12.2. The Morgan fingerprint density at radius 3 is 2.48 bits per heavy atom. The van der Waals surface area contributed by atoms with E-state index in [1.165, 1.54) is 0 Å². The highest BCUT2D eigenvalue weighted by molar-refractivity contribution is 7.99. The molecule has 0 atom stereocenters. The third-order valence-corrected chi connectivity index (χ3v) is 5.15. The lowest BCUT2D eigenvalue weighted by Crippen LogP contribution is -2.13. The van der Waals surface area contributed by atoms with Gasteiger partial charge in [0.1, 0.15) is 11.5 Å². The van der Waals surface area contributed by atoms with Gasteiger partial charge in [0.2, 0.25) is 5.91 Å². The van der Waals surface area contributed by atoms with Gasteiger partial charge in [-0.25, -0.2) is 0 Å². The van der Waals surface area contributed by atoms with Gasteiger partial charge in [-0.1, -0.05) is 12.1 Å². The van der Waals surface area contributed by atoms with Crippen LogP contribution in [0.15, 0.2) is 53.4 Å². The second-order valence-electron chi connectivity index (χ2n) is 5.13. The maximum absolute atomic E-state index is 12.0. The number of nitrogens with one attached hydrogen (secondary N) is 1. The van der Waals surface area contributed by atoms with Crippen LogP contribution < -0.4 is 14.8 Å². The summed E-state index contributed by atoms with van der Waals surface area (Å²) in [6.07, 6.45) is 2.50. The minimum absolute atomic E-state index is 0.0464. The molecule has 2 aromatic rings. The van der Waals surface area contributed by atoms with Gasteiger partial charge in [0.15, 0.2) is 0 Å². The number of rotatable bonds is 10. The van der Waals surface area contributed by atoms with Crippen LogP contribution in [0, 0.1) is 0 Å². The second kappa shape index (κ2) is 10.9. The van der Waals surface area contributed by atoms with E-state index in [2.05, 4.69) is 5.32 Å². The van der Waals surface area contributed by atoms with Crippen molar-refractivity contribution in [1.82, 2.24) is 0 Å². The maximum Gasteiger partial charge on any atom is 0.225 e. The molecule has 1 N–H and O–H groups in total. The number of ether oxygens (including phenoxy) is 2. The number of hydrogen-bond acceptors (Lipinski definition) is 5. The predicted octanol–water partition coefficient (Wildman–Crippen LogP) is 4.56. The molecular weight excluding hydrogens is 354 g/mol. The fourth-order valence-corrected chi connectivity index (χ4v) is 3.41. The van der Waals surface area contributed by atoms with Crippen molar-refractivity contribution in [3.8, 4) is 11.5 Å². The fourth-order valence-electron chi connectivity index (χ4n) is 2.12. The van der Waals surface area contributed by atoms with Crippen LogP contribution in [-0.4, -0.2) is 37.4 Å². The molecule has 0 aliphatic rings. The van der Waals surface area contributed by atoms with E-state index < -0.39 is 0 Å². The molecule has 0 heterocycles. The Labute approximate surface area is 157 Å². The summed E-state index contributed by atoms with van der Waals surface area (Å²) < 4.78 is 10.8. The molecule has 4 nitrogen and oxygen atoms in total. The summed E-state index contributed by atoms with van der Waals surface area (Å²) >= 11 is 3.34. The zero-order chi connectivity index (χ0) is 17.9. The number of carbonyl (C=O) groups is 1. The number of hydrogen-bond donors (Lipinski definition) is 1. The lowest BCUT2D eigenvalue weighted by molar-refractivity contribution is -0.115. The van der Waals surface area contributed by atoms with E-state index in [9.17, 15) is 4.79 Å². The van der Waals surface area contributed by atoms with Crippen molar-refractivity contribution in [3.05, 3.63) is 48.5 Å². The van der Waals surface area contributed by atoms with Crippen molar-refractivity contribution in [2.24, 2.45) is 0 Å². The first-order valence-corrected chi connectivity index (χ1v) is 10.4. The summed E-state index contributed by atoms with van der Waals surface area (Å²) in [4.78, 5) is 13.1. The molecule has 0 aliphatic heterocycles. The van der Waals surface area contributed by atoms with Gasteiger partial charge in [0.05, 0.1) is 19.4 Å². The third-order valence-electron chi connectivity index (χ3n) is 3.41. The summed E-state index contributed by atoms with van der Waals surface area (Å²) in [5.74, 6) is 3.31. The van der Waals surface area contributed by atoms with Crippen LogP contribution in [0.4, 0.5) is 5.69 Å². The molecule has 0 aromatic heterocycles. The van der Waals surface area contributed by atoms with Crippen LogP contribution in [0.2, 0.25) is 0 Å². The second-order valence-corrected chi connectivity index (χ2v) is 7.21. The summed E-state index contributed by atoms with van der Waals surface area (Å²) in [6.45, 7) is 0.619. The Kier molecular flexibility index (Phi) is 8.55. The highest BCUT2D eigenvalue weighted by Crippen LogP contribution is 2.24. The topological polar surface area (TPSA) is 47.6 Å². The van der Waals surface area contributed by atoms with E-state index in [0.29, 0.717) is 13.0 Å². The molecule has 2 aromatic carbocycles. The molecule has 0 aliphatic carbocycles.